The topological polar surface area (TPSA) is 87.7 Å². The second-order valence-electron chi connectivity index (χ2n) is 5.64. The van der Waals surface area contributed by atoms with Crippen molar-refractivity contribution in [3.8, 4) is 5.75 Å². The SMILES string of the molecule is CC(=O)Nc1ccc(NC(=O)c2ccc3c(c2)N(C)C(=O)CO3)cc1. The Morgan fingerprint density at radius 2 is 1.68 bits per heavy atom. The predicted octanol–water partition coefficient (Wildman–Crippen LogP) is 2.25. The summed E-state index contributed by atoms with van der Waals surface area (Å²) < 4.78 is 5.35. The summed E-state index contributed by atoms with van der Waals surface area (Å²) in [4.78, 5) is 36.6. The second-order valence-corrected chi connectivity index (χ2v) is 5.64. The van der Waals surface area contributed by atoms with E-state index < -0.39 is 0 Å². The van der Waals surface area contributed by atoms with Crippen LogP contribution in [0.3, 0.4) is 0 Å². The van der Waals surface area contributed by atoms with Gasteiger partial charge in [0, 0.05) is 30.9 Å². The fourth-order valence-electron chi connectivity index (χ4n) is 2.46. The highest BCUT2D eigenvalue weighted by Crippen LogP contribution is 2.32. The van der Waals surface area contributed by atoms with Crippen molar-refractivity contribution >= 4 is 34.8 Å². The molecule has 0 radical (unpaired) electrons. The van der Waals surface area contributed by atoms with Gasteiger partial charge in [-0.15, -0.1) is 0 Å². The zero-order chi connectivity index (χ0) is 18.0. The molecule has 0 atom stereocenters. The minimum Gasteiger partial charge on any atom is -0.482 e. The first-order chi connectivity index (χ1) is 11.9. The van der Waals surface area contributed by atoms with Crippen LogP contribution in [0.4, 0.5) is 17.1 Å². The fraction of sp³-hybridized carbons (Fsp3) is 0.167. The molecular weight excluding hydrogens is 322 g/mol. The molecule has 2 aromatic rings. The average Bonchev–Trinajstić information content (AvgIpc) is 2.59. The van der Waals surface area contributed by atoms with E-state index in [-0.39, 0.29) is 24.3 Å². The lowest BCUT2D eigenvalue weighted by molar-refractivity contribution is -0.121. The van der Waals surface area contributed by atoms with Crippen LogP contribution in [0.15, 0.2) is 42.5 Å². The molecule has 1 heterocycles. The highest BCUT2D eigenvalue weighted by molar-refractivity contribution is 6.06. The van der Waals surface area contributed by atoms with Gasteiger partial charge >= 0.3 is 0 Å². The Kier molecular flexibility index (Phi) is 4.38. The normalized spacial score (nSPS) is 12.9. The first-order valence-electron chi connectivity index (χ1n) is 7.66. The van der Waals surface area contributed by atoms with Crippen molar-refractivity contribution in [2.75, 3.05) is 29.2 Å². The van der Waals surface area contributed by atoms with Crippen LogP contribution in [0, 0.1) is 0 Å². The number of rotatable bonds is 3. The molecule has 2 aromatic carbocycles. The van der Waals surface area contributed by atoms with Gasteiger partial charge in [-0.05, 0) is 42.5 Å². The summed E-state index contributed by atoms with van der Waals surface area (Å²) in [5.41, 5.74) is 2.22. The molecule has 7 nitrogen and oxygen atoms in total. The van der Waals surface area contributed by atoms with E-state index in [4.69, 9.17) is 4.74 Å². The predicted molar refractivity (Wildman–Crippen MR) is 94.0 cm³/mol. The van der Waals surface area contributed by atoms with Crippen LogP contribution in [0.2, 0.25) is 0 Å². The number of ether oxygens (including phenoxy) is 1. The number of likely N-dealkylation sites (N-methyl/N-ethyl adjacent to an activating group) is 1. The lowest BCUT2D eigenvalue weighted by Gasteiger charge is -2.26. The molecule has 25 heavy (non-hydrogen) atoms. The molecule has 1 aliphatic heterocycles. The van der Waals surface area contributed by atoms with Crippen molar-refractivity contribution in [1.29, 1.82) is 0 Å². The van der Waals surface area contributed by atoms with E-state index in [0.29, 0.717) is 28.4 Å². The molecule has 128 valence electrons. The van der Waals surface area contributed by atoms with Crippen LogP contribution < -0.4 is 20.3 Å². The van der Waals surface area contributed by atoms with E-state index in [1.54, 1.807) is 49.5 Å². The van der Waals surface area contributed by atoms with Gasteiger partial charge in [-0.3, -0.25) is 14.4 Å². The van der Waals surface area contributed by atoms with Crippen LogP contribution >= 0.6 is 0 Å². The van der Waals surface area contributed by atoms with E-state index in [0.717, 1.165) is 0 Å². The number of nitrogens with zero attached hydrogens (tertiary/aromatic N) is 1. The minimum atomic E-state index is -0.304. The summed E-state index contributed by atoms with van der Waals surface area (Å²) in [6.45, 7) is 1.42. The third-order valence-corrected chi connectivity index (χ3v) is 3.77. The van der Waals surface area contributed by atoms with E-state index in [1.807, 2.05) is 0 Å². The lowest BCUT2D eigenvalue weighted by atomic mass is 10.1. The van der Waals surface area contributed by atoms with Crippen molar-refractivity contribution in [3.05, 3.63) is 48.0 Å². The molecule has 7 heteroatoms. The molecule has 0 bridgehead atoms. The zero-order valence-corrected chi connectivity index (χ0v) is 13.8. The van der Waals surface area contributed by atoms with Gasteiger partial charge in [0.15, 0.2) is 6.61 Å². The Hall–Kier alpha value is -3.35. The molecule has 0 unspecified atom stereocenters. The molecule has 0 spiro atoms. The summed E-state index contributed by atoms with van der Waals surface area (Å²) in [5, 5.41) is 5.43. The number of hydrogen-bond donors (Lipinski definition) is 2. The van der Waals surface area contributed by atoms with Gasteiger partial charge in [0.2, 0.25) is 5.91 Å². The zero-order valence-electron chi connectivity index (χ0n) is 13.8. The molecule has 0 fully saturated rings. The fourth-order valence-corrected chi connectivity index (χ4v) is 2.46. The Balaban J connectivity index is 1.75. The summed E-state index contributed by atoms with van der Waals surface area (Å²) >= 11 is 0. The molecule has 0 aromatic heterocycles. The monoisotopic (exact) mass is 339 g/mol. The third-order valence-electron chi connectivity index (χ3n) is 3.77. The summed E-state index contributed by atoms with van der Waals surface area (Å²) in [5.74, 6) is -0.0647. The van der Waals surface area contributed by atoms with E-state index in [1.165, 1.54) is 11.8 Å². The van der Waals surface area contributed by atoms with Gasteiger partial charge < -0.3 is 20.3 Å². The number of fused-ring (bicyclic) bond motifs is 1. The lowest BCUT2D eigenvalue weighted by Crippen LogP contribution is -2.35. The number of carbonyl (C=O) groups is 3. The van der Waals surface area contributed by atoms with Crippen LogP contribution in [-0.4, -0.2) is 31.4 Å². The smallest absolute Gasteiger partial charge is 0.264 e. The van der Waals surface area contributed by atoms with Crippen LogP contribution in [0.25, 0.3) is 0 Å². The number of hydrogen-bond acceptors (Lipinski definition) is 4. The van der Waals surface area contributed by atoms with Crippen LogP contribution in [0.5, 0.6) is 5.75 Å². The third kappa shape index (κ3) is 3.60. The quantitative estimate of drug-likeness (QED) is 0.898. The van der Waals surface area contributed by atoms with Crippen molar-refractivity contribution in [3.63, 3.8) is 0 Å². The van der Waals surface area contributed by atoms with Gasteiger partial charge in [0.25, 0.3) is 11.8 Å². The largest absolute Gasteiger partial charge is 0.482 e. The van der Waals surface area contributed by atoms with Crippen molar-refractivity contribution < 1.29 is 19.1 Å². The molecule has 0 saturated carbocycles. The Labute approximate surface area is 144 Å². The Morgan fingerprint density at radius 3 is 2.32 bits per heavy atom. The van der Waals surface area contributed by atoms with E-state index in [2.05, 4.69) is 10.6 Å². The van der Waals surface area contributed by atoms with Gasteiger partial charge in [0.05, 0.1) is 5.69 Å². The molecule has 3 rings (SSSR count). The molecule has 1 aliphatic rings. The first kappa shape index (κ1) is 16.5. The number of amides is 3. The van der Waals surface area contributed by atoms with Crippen molar-refractivity contribution in [1.82, 2.24) is 0 Å². The van der Waals surface area contributed by atoms with Crippen molar-refractivity contribution in [2.24, 2.45) is 0 Å². The number of nitrogens with one attached hydrogen (secondary N) is 2. The summed E-state index contributed by atoms with van der Waals surface area (Å²) in [6.07, 6.45) is 0. The highest BCUT2D eigenvalue weighted by atomic mass is 16.5. The molecule has 3 amide bonds. The van der Waals surface area contributed by atoms with E-state index in [9.17, 15) is 14.4 Å². The Morgan fingerprint density at radius 1 is 1.04 bits per heavy atom. The maximum Gasteiger partial charge on any atom is 0.264 e. The first-order valence-corrected chi connectivity index (χ1v) is 7.66. The summed E-state index contributed by atoms with van der Waals surface area (Å²) in [6, 6.07) is 11.7. The summed E-state index contributed by atoms with van der Waals surface area (Å²) in [7, 11) is 1.64. The minimum absolute atomic E-state index is 0.00428. The Bertz CT molecular complexity index is 846. The molecule has 2 N–H and O–H groups in total. The number of carbonyl (C=O) groups excluding carboxylic acids is 3. The standard InChI is InChI=1S/C18H17N3O4/c1-11(22)19-13-4-6-14(7-5-13)20-18(24)12-3-8-16-15(9-12)21(2)17(23)10-25-16/h3-9H,10H2,1-2H3,(H,19,22)(H,20,24). The van der Waals surface area contributed by atoms with Gasteiger partial charge in [0.1, 0.15) is 5.75 Å². The second kappa shape index (κ2) is 6.64. The number of anilines is 3. The van der Waals surface area contributed by atoms with Gasteiger partial charge in [-0.2, -0.15) is 0 Å². The maximum absolute atomic E-state index is 12.4. The van der Waals surface area contributed by atoms with Crippen LogP contribution in [0.1, 0.15) is 17.3 Å². The maximum atomic E-state index is 12.4. The highest BCUT2D eigenvalue weighted by Gasteiger charge is 2.23. The van der Waals surface area contributed by atoms with E-state index >= 15 is 0 Å². The van der Waals surface area contributed by atoms with Crippen LogP contribution in [-0.2, 0) is 9.59 Å². The van der Waals surface area contributed by atoms with Gasteiger partial charge in [-0.25, -0.2) is 0 Å². The molecule has 0 aliphatic carbocycles. The van der Waals surface area contributed by atoms with Crippen molar-refractivity contribution in [2.45, 2.75) is 6.92 Å². The molecule has 0 saturated heterocycles. The van der Waals surface area contributed by atoms with Gasteiger partial charge in [-0.1, -0.05) is 0 Å². The molecular formula is C18H17N3O4. The number of benzene rings is 2. The average molecular weight is 339 g/mol.